The number of rotatable bonds is 8. The van der Waals surface area contributed by atoms with Crippen LogP contribution in [0.4, 0.5) is 22.7 Å². The van der Waals surface area contributed by atoms with Crippen LogP contribution in [0.15, 0.2) is 78.9 Å². The van der Waals surface area contributed by atoms with Crippen molar-refractivity contribution < 1.29 is 9.84 Å². The second-order valence-corrected chi connectivity index (χ2v) is 9.20. The molecule has 3 atom stereocenters. The number of unbranched alkanes of at least 4 members (excludes halogenated alkanes) is 2. The fourth-order valence-corrected chi connectivity index (χ4v) is 5.44. The number of hydrogen-bond donors (Lipinski definition) is 2. The minimum atomic E-state index is 0.145. The van der Waals surface area contributed by atoms with Crippen molar-refractivity contribution in [3.05, 3.63) is 84.4 Å². The largest absolute Gasteiger partial charge is 0.396 e. The van der Waals surface area contributed by atoms with Crippen molar-refractivity contribution in [2.75, 3.05) is 23.4 Å². The number of nitrogens with zero attached hydrogens (tertiary/aromatic N) is 1. The summed E-state index contributed by atoms with van der Waals surface area (Å²) in [6, 6.07) is 28.3. The van der Waals surface area contributed by atoms with Crippen molar-refractivity contribution >= 4 is 22.7 Å². The van der Waals surface area contributed by atoms with Crippen LogP contribution in [0.2, 0.25) is 0 Å². The molecule has 0 radical (unpaired) electrons. The van der Waals surface area contributed by atoms with Gasteiger partial charge in [0, 0.05) is 53.5 Å². The Morgan fingerprint density at radius 1 is 0.848 bits per heavy atom. The second-order valence-electron chi connectivity index (χ2n) is 9.20. The van der Waals surface area contributed by atoms with Crippen LogP contribution in [0.3, 0.4) is 0 Å². The molecule has 0 bridgehead atoms. The molecule has 2 N–H and O–H groups in total. The highest BCUT2D eigenvalue weighted by molar-refractivity contribution is 5.78. The highest BCUT2D eigenvalue weighted by Crippen LogP contribution is 2.47. The number of anilines is 4. The molecule has 1 fully saturated rings. The van der Waals surface area contributed by atoms with Crippen LogP contribution < -0.4 is 10.2 Å². The van der Waals surface area contributed by atoms with Gasteiger partial charge in [0.05, 0.1) is 6.10 Å². The predicted octanol–water partition coefficient (Wildman–Crippen LogP) is 6.97. The molecule has 3 aromatic rings. The molecule has 2 aliphatic heterocycles. The van der Waals surface area contributed by atoms with Crippen LogP contribution in [0.25, 0.3) is 0 Å². The summed E-state index contributed by atoms with van der Waals surface area (Å²) in [5.41, 5.74) is 5.93. The molecule has 172 valence electrons. The molecule has 4 nitrogen and oxygen atoms in total. The van der Waals surface area contributed by atoms with Crippen molar-refractivity contribution in [3.8, 4) is 0 Å². The number of fused-ring (bicyclic) bond motifs is 3. The van der Waals surface area contributed by atoms with Crippen LogP contribution in [0, 0.1) is 5.92 Å². The quantitative estimate of drug-likeness (QED) is 0.370. The predicted molar refractivity (Wildman–Crippen MR) is 136 cm³/mol. The summed E-state index contributed by atoms with van der Waals surface area (Å²) < 4.78 is 6.41. The van der Waals surface area contributed by atoms with Gasteiger partial charge in [-0.05, 0) is 68.1 Å². The summed E-state index contributed by atoms with van der Waals surface area (Å²) in [5.74, 6) is 0.498. The first kappa shape index (κ1) is 22.0. The molecule has 3 unspecified atom stereocenters. The summed E-state index contributed by atoms with van der Waals surface area (Å²) in [7, 11) is 0. The Morgan fingerprint density at radius 2 is 1.58 bits per heavy atom. The number of aliphatic hydroxyl groups is 1. The normalized spacial score (nSPS) is 21.5. The Bertz CT molecular complexity index is 985. The zero-order valence-corrected chi connectivity index (χ0v) is 19.2. The molecule has 33 heavy (non-hydrogen) atoms. The fraction of sp³-hybridized carbons (Fsp3) is 0.379. The molecule has 0 aromatic heterocycles. The third-order valence-corrected chi connectivity index (χ3v) is 7.03. The lowest BCUT2D eigenvalue weighted by Gasteiger charge is -2.43. The molecule has 0 saturated carbocycles. The molecular weight excluding hydrogens is 408 g/mol. The van der Waals surface area contributed by atoms with Gasteiger partial charge in [-0.15, -0.1) is 0 Å². The molecule has 1 saturated heterocycles. The maximum absolute atomic E-state index is 9.12. The summed E-state index contributed by atoms with van der Waals surface area (Å²) in [6.45, 7) is 1.13. The van der Waals surface area contributed by atoms with E-state index >= 15 is 0 Å². The Hall–Kier alpha value is -2.82. The standard InChI is InChI=1S/C29H34N2O2/c32-19-9-3-8-16-27-25-15-10-20-33-29(25)26-21-24(17-18-28(26)30-27)31(22-11-4-1-5-12-22)23-13-6-2-7-14-23/h1-2,4-7,11-14,17-18,21,25,27,29-30,32H,3,8-10,15-16,19-20H2. The van der Waals surface area contributed by atoms with E-state index in [1.165, 1.54) is 17.7 Å². The Morgan fingerprint density at radius 3 is 2.27 bits per heavy atom. The maximum atomic E-state index is 9.12. The van der Waals surface area contributed by atoms with Gasteiger partial charge in [0.25, 0.3) is 0 Å². The van der Waals surface area contributed by atoms with Crippen molar-refractivity contribution in [3.63, 3.8) is 0 Å². The van der Waals surface area contributed by atoms with Crippen molar-refractivity contribution in [1.29, 1.82) is 0 Å². The molecule has 0 spiro atoms. The lowest BCUT2D eigenvalue weighted by atomic mass is 9.78. The van der Waals surface area contributed by atoms with Gasteiger partial charge in [-0.1, -0.05) is 49.2 Å². The van der Waals surface area contributed by atoms with Gasteiger partial charge >= 0.3 is 0 Å². The smallest absolute Gasteiger partial charge is 0.0893 e. The zero-order valence-electron chi connectivity index (χ0n) is 19.2. The Balaban J connectivity index is 1.48. The highest BCUT2D eigenvalue weighted by Gasteiger charge is 2.39. The maximum Gasteiger partial charge on any atom is 0.0893 e. The van der Waals surface area contributed by atoms with Crippen LogP contribution >= 0.6 is 0 Å². The lowest BCUT2D eigenvalue weighted by molar-refractivity contribution is -0.0386. The van der Waals surface area contributed by atoms with E-state index in [0.717, 1.165) is 55.8 Å². The van der Waals surface area contributed by atoms with Gasteiger partial charge in [0.15, 0.2) is 0 Å². The van der Waals surface area contributed by atoms with Gasteiger partial charge in [-0.3, -0.25) is 0 Å². The van der Waals surface area contributed by atoms with Crippen LogP contribution in [-0.2, 0) is 4.74 Å². The fourth-order valence-electron chi connectivity index (χ4n) is 5.44. The van der Waals surface area contributed by atoms with E-state index in [9.17, 15) is 0 Å². The third-order valence-electron chi connectivity index (χ3n) is 7.03. The van der Waals surface area contributed by atoms with Crippen molar-refractivity contribution in [2.24, 2.45) is 5.92 Å². The van der Waals surface area contributed by atoms with Gasteiger partial charge in [0.2, 0.25) is 0 Å². The molecule has 4 heteroatoms. The van der Waals surface area contributed by atoms with E-state index in [1.54, 1.807) is 0 Å². The summed E-state index contributed by atoms with van der Waals surface area (Å²) in [4.78, 5) is 2.32. The summed E-state index contributed by atoms with van der Waals surface area (Å²) >= 11 is 0. The number of aliphatic hydroxyl groups excluding tert-OH is 1. The highest BCUT2D eigenvalue weighted by atomic mass is 16.5. The monoisotopic (exact) mass is 442 g/mol. The topological polar surface area (TPSA) is 44.7 Å². The lowest BCUT2D eigenvalue weighted by Crippen LogP contribution is -2.41. The average Bonchev–Trinajstić information content (AvgIpc) is 2.88. The summed E-state index contributed by atoms with van der Waals surface area (Å²) in [5, 5.41) is 13.0. The molecule has 2 aliphatic rings. The van der Waals surface area contributed by atoms with Gasteiger partial charge in [0.1, 0.15) is 0 Å². The minimum absolute atomic E-state index is 0.145. The number of hydrogen-bond acceptors (Lipinski definition) is 4. The molecule has 5 rings (SSSR count). The number of nitrogens with one attached hydrogen (secondary N) is 1. The number of ether oxygens (including phenoxy) is 1. The van der Waals surface area contributed by atoms with Crippen LogP contribution in [-0.4, -0.2) is 24.4 Å². The van der Waals surface area contributed by atoms with E-state index in [0.29, 0.717) is 12.0 Å². The molecule has 0 aliphatic carbocycles. The molecule has 3 aromatic carbocycles. The van der Waals surface area contributed by atoms with Gasteiger partial charge in [-0.2, -0.15) is 0 Å². The average molecular weight is 443 g/mol. The van der Waals surface area contributed by atoms with Crippen LogP contribution in [0.1, 0.15) is 50.2 Å². The van der Waals surface area contributed by atoms with Crippen molar-refractivity contribution in [1.82, 2.24) is 0 Å². The zero-order chi connectivity index (χ0) is 22.5. The van der Waals surface area contributed by atoms with E-state index in [-0.39, 0.29) is 12.7 Å². The summed E-state index contributed by atoms with van der Waals surface area (Å²) in [6.07, 6.45) is 6.73. The SMILES string of the molecule is OCCCCCC1Nc2ccc(N(c3ccccc3)c3ccccc3)cc2C2OCCCC12. The van der Waals surface area contributed by atoms with Gasteiger partial charge in [-0.25, -0.2) is 0 Å². The number of para-hydroxylation sites is 2. The Kier molecular flexibility index (Phi) is 6.94. The molecule has 2 heterocycles. The third kappa shape index (κ3) is 4.78. The van der Waals surface area contributed by atoms with Gasteiger partial charge < -0.3 is 20.1 Å². The van der Waals surface area contributed by atoms with E-state index < -0.39 is 0 Å². The van der Waals surface area contributed by atoms with E-state index in [4.69, 9.17) is 9.84 Å². The Labute approximate surface area is 197 Å². The van der Waals surface area contributed by atoms with Crippen molar-refractivity contribution in [2.45, 2.75) is 50.7 Å². The molecule has 0 amide bonds. The number of benzene rings is 3. The molecular formula is C29H34N2O2. The van der Waals surface area contributed by atoms with E-state index in [2.05, 4.69) is 89.1 Å². The first-order chi connectivity index (χ1) is 16.3. The first-order valence-corrected chi connectivity index (χ1v) is 12.4. The first-order valence-electron chi connectivity index (χ1n) is 12.4. The van der Waals surface area contributed by atoms with E-state index in [1.807, 2.05) is 0 Å². The second kappa shape index (κ2) is 10.4. The minimum Gasteiger partial charge on any atom is -0.396 e. The van der Waals surface area contributed by atoms with Crippen LogP contribution in [0.5, 0.6) is 0 Å².